The molecule has 1 aliphatic heterocycles. The molecule has 0 spiro atoms. The van der Waals surface area contributed by atoms with Crippen LogP contribution in [0.1, 0.15) is 30.0 Å². The normalized spacial score (nSPS) is 15.7. The maximum Gasteiger partial charge on any atom is 0.237 e. The molecule has 1 amide bonds. The number of benzene rings is 2. The highest BCUT2D eigenvalue weighted by atomic mass is 16.5. The molecular formula is C25H32N2O4. The van der Waals surface area contributed by atoms with Crippen LogP contribution in [0, 0.1) is 0 Å². The van der Waals surface area contributed by atoms with E-state index in [0.29, 0.717) is 19.7 Å². The molecule has 3 rings (SSSR count). The third kappa shape index (κ3) is 5.79. The van der Waals surface area contributed by atoms with Gasteiger partial charge < -0.3 is 19.1 Å². The first-order valence-corrected chi connectivity index (χ1v) is 10.6. The Labute approximate surface area is 185 Å². The van der Waals surface area contributed by atoms with E-state index in [1.165, 1.54) is 0 Å². The summed E-state index contributed by atoms with van der Waals surface area (Å²) in [4.78, 5) is 17.2. The second-order valence-electron chi connectivity index (χ2n) is 7.77. The number of nitrogens with zero attached hydrogens (tertiary/aromatic N) is 2. The molecule has 0 radical (unpaired) electrons. The molecule has 6 nitrogen and oxygen atoms in total. The van der Waals surface area contributed by atoms with E-state index in [1.807, 2.05) is 59.3 Å². The number of methoxy groups -OCH3 is 2. The Hall–Kier alpha value is -2.99. The molecule has 31 heavy (non-hydrogen) atoms. The molecule has 1 fully saturated rings. The van der Waals surface area contributed by atoms with E-state index >= 15 is 0 Å². The fourth-order valence-corrected chi connectivity index (χ4v) is 4.02. The van der Waals surface area contributed by atoms with Crippen molar-refractivity contribution in [1.29, 1.82) is 0 Å². The first-order valence-electron chi connectivity index (χ1n) is 10.6. The Balaban J connectivity index is 1.63. The predicted octanol–water partition coefficient (Wildman–Crippen LogP) is 4.06. The summed E-state index contributed by atoms with van der Waals surface area (Å²) in [6, 6.07) is 13.7. The average Bonchev–Trinajstić information content (AvgIpc) is 3.28. The number of hydrogen-bond acceptors (Lipinski definition) is 5. The van der Waals surface area contributed by atoms with Gasteiger partial charge in [0.1, 0.15) is 23.9 Å². The van der Waals surface area contributed by atoms with Crippen LogP contribution in [0.3, 0.4) is 0 Å². The van der Waals surface area contributed by atoms with Gasteiger partial charge in [0.05, 0.1) is 26.8 Å². The van der Waals surface area contributed by atoms with Crippen molar-refractivity contribution in [3.8, 4) is 17.2 Å². The van der Waals surface area contributed by atoms with E-state index in [2.05, 4.69) is 6.58 Å². The zero-order valence-corrected chi connectivity index (χ0v) is 18.7. The summed E-state index contributed by atoms with van der Waals surface area (Å²) in [5, 5.41) is 0. The zero-order chi connectivity index (χ0) is 22.2. The number of hydrogen-bond donors (Lipinski definition) is 0. The average molecular weight is 425 g/mol. The molecule has 0 saturated carbocycles. The Bertz CT molecular complexity index is 882. The van der Waals surface area contributed by atoms with Gasteiger partial charge in [0, 0.05) is 18.7 Å². The molecule has 0 bridgehead atoms. The van der Waals surface area contributed by atoms with Crippen molar-refractivity contribution in [2.75, 3.05) is 41.0 Å². The minimum absolute atomic E-state index is 0.00671. The van der Waals surface area contributed by atoms with Gasteiger partial charge >= 0.3 is 0 Å². The van der Waals surface area contributed by atoms with Crippen molar-refractivity contribution >= 4 is 5.91 Å². The quantitative estimate of drug-likeness (QED) is 0.538. The highest BCUT2D eigenvalue weighted by Crippen LogP contribution is 2.39. The molecule has 1 heterocycles. The molecular weight excluding hydrogens is 392 g/mol. The Morgan fingerprint density at radius 1 is 1.16 bits per heavy atom. The van der Waals surface area contributed by atoms with E-state index in [-0.39, 0.29) is 11.9 Å². The van der Waals surface area contributed by atoms with Crippen LogP contribution in [0.2, 0.25) is 0 Å². The van der Waals surface area contributed by atoms with Crippen molar-refractivity contribution in [3.05, 3.63) is 66.2 Å². The maximum absolute atomic E-state index is 13.1. The van der Waals surface area contributed by atoms with Crippen molar-refractivity contribution in [2.24, 2.45) is 0 Å². The van der Waals surface area contributed by atoms with E-state index < -0.39 is 0 Å². The standard InChI is InChI=1S/C25H32N2O4/c1-5-15-31-20-10-8-19(9-11-20)17-26(2)18-25(28)27-14-6-7-23(27)22-16-21(29-3)12-13-24(22)30-4/h5,8-13,16,23H,1,6-7,14-15,17-18H2,2-4H3/t23-/m1/s1. The van der Waals surface area contributed by atoms with Crippen LogP contribution < -0.4 is 14.2 Å². The van der Waals surface area contributed by atoms with Gasteiger partial charge in [0.15, 0.2) is 0 Å². The van der Waals surface area contributed by atoms with Gasteiger partial charge in [-0.25, -0.2) is 0 Å². The summed E-state index contributed by atoms with van der Waals surface area (Å²) in [7, 11) is 5.28. The Morgan fingerprint density at radius 3 is 2.58 bits per heavy atom. The van der Waals surface area contributed by atoms with Gasteiger partial charge in [-0.3, -0.25) is 9.69 Å². The highest BCUT2D eigenvalue weighted by molar-refractivity contribution is 5.79. The van der Waals surface area contributed by atoms with E-state index in [1.54, 1.807) is 20.3 Å². The lowest BCUT2D eigenvalue weighted by atomic mass is 10.0. The molecule has 6 heteroatoms. The molecule has 0 aliphatic carbocycles. The lowest BCUT2D eigenvalue weighted by Crippen LogP contribution is -2.38. The molecule has 1 aliphatic rings. The van der Waals surface area contributed by atoms with Crippen molar-refractivity contribution < 1.29 is 19.0 Å². The minimum atomic E-state index is 0.00671. The third-order valence-corrected chi connectivity index (χ3v) is 5.52. The van der Waals surface area contributed by atoms with Crippen LogP contribution >= 0.6 is 0 Å². The van der Waals surface area contributed by atoms with E-state index in [4.69, 9.17) is 14.2 Å². The zero-order valence-electron chi connectivity index (χ0n) is 18.7. The number of carbonyl (C=O) groups excluding carboxylic acids is 1. The van der Waals surface area contributed by atoms with Crippen LogP contribution in [0.25, 0.3) is 0 Å². The van der Waals surface area contributed by atoms with Gasteiger partial charge in [0.25, 0.3) is 0 Å². The molecule has 166 valence electrons. The first kappa shape index (κ1) is 22.7. The smallest absolute Gasteiger partial charge is 0.237 e. The lowest BCUT2D eigenvalue weighted by Gasteiger charge is -2.28. The first-order chi connectivity index (χ1) is 15.0. The Morgan fingerprint density at radius 2 is 1.90 bits per heavy atom. The fraction of sp³-hybridized carbons (Fsp3) is 0.400. The molecule has 2 aromatic rings. The molecule has 1 atom stereocenters. The number of ether oxygens (including phenoxy) is 3. The van der Waals surface area contributed by atoms with Crippen LogP contribution in [0.4, 0.5) is 0 Å². The lowest BCUT2D eigenvalue weighted by molar-refractivity contribution is -0.133. The largest absolute Gasteiger partial charge is 0.497 e. The SMILES string of the molecule is C=CCOc1ccc(CN(C)CC(=O)N2CCC[C@@H]2c2cc(OC)ccc2OC)cc1. The van der Waals surface area contributed by atoms with E-state index in [9.17, 15) is 4.79 Å². The number of likely N-dealkylation sites (tertiary alicyclic amines) is 1. The van der Waals surface area contributed by atoms with Crippen LogP contribution in [0.5, 0.6) is 17.2 Å². The number of likely N-dealkylation sites (N-methyl/N-ethyl adjacent to an activating group) is 1. The van der Waals surface area contributed by atoms with E-state index in [0.717, 1.165) is 47.8 Å². The monoisotopic (exact) mass is 424 g/mol. The van der Waals surface area contributed by atoms with Crippen LogP contribution in [-0.2, 0) is 11.3 Å². The summed E-state index contributed by atoms with van der Waals surface area (Å²) in [6.07, 6.45) is 3.62. The fourth-order valence-electron chi connectivity index (χ4n) is 4.02. The number of rotatable bonds is 10. The third-order valence-electron chi connectivity index (χ3n) is 5.52. The van der Waals surface area contributed by atoms with Gasteiger partial charge in [-0.2, -0.15) is 0 Å². The molecule has 0 N–H and O–H groups in total. The second-order valence-corrected chi connectivity index (χ2v) is 7.77. The Kier molecular flexibility index (Phi) is 7.95. The van der Waals surface area contributed by atoms with Crippen molar-refractivity contribution in [3.63, 3.8) is 0 Å². The van der Waals surface area contributed by atoms with Crippen LogP contribution in [-0.4, -0.2) is 56.7 Å². The molecule has 0 aromatic heterocycles. The van der Waals surface area contributed by atoms with Gasteiger partial charge in [-0.1, -0.05) is 24.8 Å². The summed E-state index contributed by atoms with van der Waals surface area (Å²) < 4.78 is 16.5. The number of amides is 1. The minimum Gasteiger partial charge on any atom is -0.497 e. The van der Waals surface area contributed by atoms with Crippen molar-refractivity contribution in [2.45, 2.75) is 25.4 Å². The van der Waals surface area contributed by atoms with Crippen molar-refractivity contribution in [1.82, 2.24) is 9.80 Å². The summed E-state index contributed by atoms with van der Waals surface area (Å²) in [5.41, 5.74) is 2.14. The summed E-state index contributed by atoms with van der Waals surface area (Å²) in [6.45, 7) is 5.95. The van der Waals surface area contributed by atoms with Gasteiger partial charge in [-0.15, -0.1) is 0 Å². The van der Waals surface area contributed by atoms with Gasteiger partial charge in [0.2, 0.25) is 5.91 Å². The topological polar surface area (TPSA) is 51.2 Å². The molecule has 0 unspecified atom stereocenters. The highest BCUT2D eigenvalue weighted by Gasteiger charge is 2.32. The maximum atomic E-state index is 13.1. The predicted molar refractivity (Wildman–Crippen MR) is 122 cm³/mol. The van der Waals surface area contributed by atoms with Gasteiger partial charge in [-0.05, 0) is 55.8 Å². The molecule has 1 saturated heterocycles. The van der Waals surface area contributed by atoms with Crippen LogP contribution in [0.15, 0.2) is 55.1 Å². The number of carbonyl (C=O) groups is 1. The summed E-state index contributed by atoms with van der Waals surface area (Å²) >= 11 is 0. The summed E-state index contributed by atoms with van der Waals surface area (Å²) in [5.74, 6) is 2.50. The molecule has 2 aromatic carbocycles. The second kappa shape index (κ2) is 10.9.